The van der Waals surface area contributed by atoms with Gasteiger partial charge in [0.05, 0.1) is 0 Å². The fourth-order valence-corrected chi connectivity index (χ4v) is 1.29. The molecule has 0 spiro atoms. The van der Waals surface area contributed by atoms with Crippen LogP contribution in [0.5, 0.6) is 0 Å². The van der Waals surface area contributed by atoms with Crippen molar-refractivity contribution in [3.8, 4) is 0 Å². The molecule has 4 heteroatoms. The highest BCUT2D eigenvalue weighted by atomic mass is 16.1. The smallest absolute Gasteiger partial charge is 0.265 e. The lowest BCUT2D eigenvalue weighted by atomic mass is 10.2. The zero-order valence-corrected chi connectivity index (χ0v) is 7.16. The highest BCUT2D eigenvalue weighted by Gasteiger charge is 2.06. The van der Waals surface area contributed by atoms with Crippen LogP contribution in [0.1, 0.15) is 16.1 Å². The number of amides is 1. The molecule has 0 aliphatic carbocycles. The van der Waals surface area contributed by atoms with E-state index in [0.29, 0.717) is 11.3 Å². The molecule has 2 heterocycles. The molecule has 0 radical (unpaired) electrons. The summed E-state index contributed by atoms with van der Waals surface area (Å²) in [6.45, 7) is 1.96. The number of primary amides is 1. The molecule has 3 N–H and O–H groups in total. The lowest BCUT2D eigenvalue weighted by Gasteiger charge is -1.91. The first-order chi connectivity index (χ1) is 6.18. The second-order valence-corrected chi connectivity index (χ2v) is 2.94. The number of rotatable bonds is 1. The van der Waals surface area contributed by atoms with Gasteiger partial charge in [-0.3, -0.25) is 4.79 Å². The van der Waals surface area contributed by atoms with E-state index >= 15 is 0 Å². The number of aromatic nitrogens is 2. The minimum Gasteiger partial charge on any atom is -0.364 e. The number of nitrogens with zero attached hydrogens (tertiary/aromatic N) is 1. The van der Waals surface area contributed by atoms with Gasteiger partial charge in [-0.2, -0.15) is 0 Å². The highest BCUT2D eigenvalue weighted by molar-refractivity contribution is 5.96. The molecule has 0 atom stereocenters. The molecule has 0 saturated heterocycles. The minimum absolute atomic E-state index is 0.400. The zero-order valence-electron chi connectivity index (χ0n) is 7.16. The Kier molecular flexibility index (Phi) is 1.55. The summed E-state index contributed by atoms with van der Waals surface area (Å²) in [7, 11) is 0. The van der Waals surface area contributed by atoms with Gasteiger partial charge in [0.2, 0.25) is 0 Å². The van der Waals surface area contributed by atoms with E-state index in [1.165, 1.54) is 0 Å². The number of nitrogens with two attached hydrogens (primary N) is 1. The molecule has 0 aromatic carbocycles. The van der Waals surface area contributed by atoms with Crippen LogP contribution in [-0.4, -0.2) is 15.9 Å². The molecule has 2 rings (SSSR count). The van der Waals surface area contributed by atoms with Gasteiger partial charge in [0.25, 0.3) is 5.91 Å². The first kappa shape index (κ1) is 7.79. The van der Waals surface area contributed by atoms with Gasteiger partial charge >= 0.3 is 0 Å². The van der Waals surface area contributed by atoms with Crippen molar-refractivity contribution in [2.24, 2.45) is 5.73 Å². The maximum absolute atomic E-state index is 10.8. The van der Waals surface area contributed by atoms with E-state index in [0.717, 1.165) is 10.9 Å². The molecule has 0 aliphatic rings. The van der Waals surface area contributed by atoms with Gasteiger partial charge in [-0.1, -0.05) is 0 Å². The molecule has 4 nitrogen and oxygen atoms in total. The molecule has 0 unspecified atom stereocenters. The standard InChI is InChI=1S/C9H9N3O/c1-5-2-3-11-9-6(5)4-7(12-9)8(10)13/h2-4H,1H3,(H2,10,13)(H,11,12). The third-order valence-electron chi connectivity index (χ3n) is 2.02. The number of hydrogen-bond acceptors (Lipinski definition) is 2. The van der Waals surface area contributed by atoms with Gasteiger partial charge in [0.1, 0.15) is 11.3 Å². The van der Waals surface area contributed by atoms with Gasteiger partial charge in [-0.25, -0.2) is 4.98 Å². The molecule has 2 aromatic rings. The Balaban J connectivity index is 2.75. The Morgan fingerprint density at radius 3 is 3.00 bits per heavy atom. The normalized spacial score (nSPS) is 10.5. The number of carbonyl (C=O) groups excluding carboxylic acids is 1. The predicted molar refractivity (Wildman–Crippen MR) is 49.3 cm³/mol. The van der Waals surface area contributed by atoms with Gasteiger partial charge in [0, 0.05) is 11.6 Å². The summed E-state index contributed by atoms with van der Waals surface area (Å²) >= 11 is 0. The lowest BCUT2D eigenvalue weighted by molar-refractivity contribution is 0.0996. The van der Waals surface area contributed by atoms with Crippen molar-refractivity contribution in [2.45, 2.75) is 6.92 Å². The van der Waals surface area contributed by atoms with Crippen LogP contribution in [-0.2, 0) is 0 Å². The molecule has 13 heavy (non-hydrogen) atoms. The summed E-state index contributed by atoms with van der Waals surface area (Å²) in [5.74, 6) is -0.461. The van der Waals surface area contributed by atoms with Gasteiger partial charge in [0.15, 0.2) is 0 Å². The number of H-pyrrole nitrogens is 1. The summed E-state index contributed by atoms with van der Waals surface area (Å²) in [6.07, 6.45) is 1.69. The van der Waals surface area contributed by atoms with Crippen LogP contribution < -0.4 is 5.73 Å². The quantitative estimate of drug-likeness (QED) is 0.677. The Labute approximate surface area is 74.8 Å². The number of nitrogens with one attached hydrogen (secondary N) is 1. The van der Waals surface area contributed by atoms with Crippen LogP contribution in [0, 0.1) is 6.92 Å². The van der Waals surface area contributed by atoms with Crippen molar-refractivity contribution >= 4 is 16.9 Å². The first-order valence-corrected chi connectivity index (χ1v) is 3.92. The van der Waals surface area contributed by atoms with Crippen LogP contribution in [0.2, 0.25) is 0 Å². The molecule has 0 saturated carbocycles. The highest BCUT2D eigenvalue weighted by Crippen LogP contribution is 2.16. The Hall–Kier alpha value is -1.84. The van der Waals surface area contributed by atoms with Crippen LogP contribution in [0.15, 0.2) is 18.3 Å². The number of carbonyl (C=O) groups is 1. The molecular weight excluding hydrogens is 166 g/mol. The predicted octanol–water partition coefficient (Wildman–Crippen LogP) is 0.970. The molecule has 0 aliphatic heterocycles. The van der Waals surface area contributed by atoms with Crippen LogP contribution in [0.3, 0.4) is 0 Å². The largest absolute Gasteiger partial charge is 0.364 e. The second kappa shape index (κ2) is 2.58. The number of fused-ring (bicyclic) bond motifs is 1. The summed E-state index contributed by atoms with van der Waals surface area (Å²) in [5.41, 5.74) is 7.31. The minimum atomic E-state index is -0.461. The third kappa shape index (κ3) is 1.16. The van der Waals surface area contributed by atoms with Crippen LogP contribution in [0.25, 0.3) is 11.0 Å². The van der Waals surface area contributed by atoms with Crippen molar-refractivity contribution in [3.05, 3.63) is 29.6 Å². The maximum Gasteiger partial charge on any atom is 0.265 e. The average molecular weight is 175 g/mol. The third-order valence-corrected chi connectivity index (χ3v) is 2.02. The van der Waals surface area contributed by atoms with Crippen molar-refractivity contribution < 1.29 is 4.79 Å². The summed E-state index contributed by atoms with van der Waals surface area (Å²) < 4.78 is 0. The average Bonchev–Trinajstić information content (AvgIpc) is 2.49. The first-order valence-electron chi connectivity index (χ1n) is 3.92. The van der Waals surface area contributed by atoms with Crippen molar-refractivity contribution in [1.82, 2.24) is 9.97 Å². The Morgan fingerprint density at radius 2 is 2.38 bits per heavy atom. The molecule has 2 aromatic heterocycles. The summed E-state index contributed by atoms with van der Waals surface area (Å²) in [6, 6.07) is 3.61. The summed E-state index contributed by atoms with van der Waals surface area (Å²) in [4.78, 5) is 17.8. The number of hydrogen-bond donors (Lipinski definition) is 2. The fourth-order valence-electron chi connectivity index (χ4n) is 1.29. The molecule has 66 valence electrons. The van der Waals surface area contributed by atoms with Crippen molar-refractivity contribution in [3.63, 3.8) is 0 Å². The fraction of sp³-hybridized carbons (Fsp3) is 0.111. The zero-order chi connectivity index (χ0) is 9.42. The van der Waals surface area contributed by atoms with E-state index in [1.54, 1.807) is 12.3 Å². The number of pyridine rings is 1. The molecular formula is C9H9N3O. The van der Waals surface area contributed by atoms with Gasteiger partial charge in [-0.15, -0.1) is 0 Å². The van der Waals surface area contributed by atoms with E-state index in [2.05, 4.69) is 9.97 Å². The van der Waals surface area contributed by atoms with Gasteiger partial charge in [-0.05, 0) is 24.6 Å². The monoisotopic (exact) mass is 175 g/mol. The molecule has 0 fully saturated rings. The van der Waals surface area contributed by atoms with E-state index < -0.39 is 5.91 Å². The Bertz CT molecular complexity index is 473. The summed E-state index contributed by atoms with van der Waals surface area (Å²) in [5, 5.41) is 0.941. The van der Waals surface area contributed by atoms with Gasteiger partial charge < -0.3 is 10.7 Å². The van der Waals surface area contributed by atoms with E-state index in [-0.39, 0.29) is 0 Å². The van der Waals surface area contributed by atoms with E-state index in [9.17, 15) is 4.79 Å². The van der Waals surface area contributed by atoms with E-state index in [4.69, 9.17) is 5.73 Å². The molecule has 1 amide bonds. The van der Waals surface area contributed by atoms with Crippen molar-refractivity contribution in [1.29, 1.82) is 0 Å². The number of aryl methyl sites for hydroxylation is 1. The maximum atomic E-state index is 10.8. The van der Waals surface area contributed by atoms with Crippen molar-refractivity contribution in [2.75, 3.05) is 0 Å². The SMILES string of the molecule is Cc1ccnc2[nH]c(C(N)=O)cc12. The van der Waals surface area contributed by atoms with E-state index in [1.807, 2.05) is 13.0 Å². The second-order valence-electron chi connectivity index (χ2n) is 2.94. The van der Waals surface area contributed by atoms with Crippen LogP contribution >= 0.6 is 0 Å². The number of aromatic amines is 1. The van der Waals surface area contributed by atoms with Crippen LogP contribution in [0.4, 0.5) is 0 Å². The molecule has 0 bridgehead atoms. The topological polar surface area (TPSA) is 71.8 Å². The Morgan fingerprint density at radius 1 is 1.62 bits per heavy atom. The lowest BCUT2D eigenvalue weighted by Crippen LogP contribution is -2.10.